The van der Waals surface area contributed by atoms with E-state index in [-0.39, 0.29) is 29.7 Å². The quantitative estimate of drug-likeness (QED) is 0.636. The first-order chi connectivity index (χ1) is 9.08. The van der Waals surface area contributed by atoms with E-state index in [1.165, 1.54) is 12.1 Å². The van der Waals surface area contributed by atoms with E-state index in [0.29, 0.717) is 11.0 Å². The average Bonchev–Trinajstić information content (AvgIpc) is 2.39. The maximum absolute atomic E-state index is 12.1. The van der Waals surface area contributed by atoms with E-state index in [4.69, 9.17) is 0 Å². The van der Waals surface area contributed by atoms with Crippen molar-refractivity contribution in [3.63, 3.8) is 0 Å². The normalized spacial score (nSPS) is 17.9. The molecule has 1 aliphatic heterocycles. The third-order valence-electron chi connectivity index (χ3n) is 3.03. The molecule has 110 valence electrons. The molecule has 0 saturated carbocycles. The van der Waals surface area contributed by atoms with Gasteiger partial charge < -0.3 is 10.6 Å². The molecule has 6 nitrogen and oxygen atoms in total. The second-order valence-corrected chi connectivity index (χ2v) is 5.35. The van der Waals surface area contributed by atoms with Gasteiger partial charge in [0.2, 0.25) is 0 Å². The molecule has 1 unspecified atom stereocenters. The highest BCUT2D eigenvalue weighted by atomic mass is 79.9. The summed E-state index contributed by atoms with van der Waals surface area (Å²) in [6.45, 7) is 1.65. The Bertz CT molecular complexity index is 507. The molecule has 1 aliphatic rings. The summed E-state index contributed by atoms with van der Waals surface area (Å²) in [7, 11) is 0. The SMILES string of the molecule is Cl.O=C(NC1CCCNC1)c1ccc(Br)cc1[N+](=O)[O-]. The van der Waals surface area contributed by atoms with E-state index in [1.807, 2.05) is 0 Å². The summed E-state index contributed by atoms with van der Waals surface area (Å²) in [5, 5.41) is 17.0. The molecule has 1 saturated heterocycles. The van der Waals surface area contributed by atoms with Crippen molar-refractivity contribution in [3.8, 4) is 0 Å². The summed E-state index contributed by atoms with van der Waals surface area (Å²) in [6, 6.07) is 4.47. The molecule has 1 aromatic carbocycles. The van der Waals surface area contributed by atoms with Crippen LogP contribution < -0.4 is 10.6 Å². The van der Waals surface area contributed by atoms with Crippen LogP contribution in [0.4, 0.5) is 5.69 Å². The predicted octanol–water partition coefficient (Wildman–Crippen LogP) is 2.26. The second kappa shape index (κ2) is 7.56. The minimum absolute atomic E-state index is 0. The van der Waals surface area contributed by atoms with Crippen LogP contribution in [0, 0.1) is 10.1 Å². The first-order valence-electron chi connectivity index (χ1n) is 6.03. The zero-order valence-corrected chi connectivity index (χ0v) is 13.0. The van der Waals surface area contributed by atoms with Gasteiger partial charge in [0.05, 0.1) is 4.92 Å². The van der Waals surface area contributed by atoms with Crippen molar-refractivity contribution in [2.24, 2.45) is 0 Å². The predicted molar refractivity (Wildman–Crippen MR) is 81.4 cm³/mol. The smallest absolute Gasteiger partial charge is 0.283 e. The standard InChI is InChI=1S/C12H14BrN3O3.ClH/c13-8-3-4-10(11(6-8)16(18)19)12(17)15-9-2-1-5-14-7-9;/h3-4,6,9,14H,1-2,5,7H2,(H,15,17);1H. The van der Waals surface area contributed by atoms with E-state index < -0.39 is 10.8 Å². The number of halogens is 2. The van der Waals surface area contributed by atoms with E-state index in [0.717, 1.165) is 19.4 Å². The fourth-order valence-electron chi connectivity index (χ4n) is 2.09. The second-order valence-electron chi connectivity index (χ2n) is 4.44. The molecule has 1 amide bonds. The van der Waals surface area contributed by atoms with Gasteiger partial charge >= 0.3 is 0 Å². The van der Waals surface area contributed by atoms with Crippen molar-refractivity contribution in [1.29, 1.82) is 0 Å². The lowest BCUT2D eigenvalue weighted by Gasteiger charge is -2.23. The number of piperidine rings is 1. The summed E-state index contributed by atoms with van der Waals surface area (Å²) in [5.74, 6) is -0.395. The molecule has 2 rings (SSSR count). The van der Waals surface area contributed by atoms with Crippen LogP contribution in [-0.4, -0.2) is 30.0 Å². The van der Waals surface area contributed by atoms with E-state index in [9.17, 15) is 14.9 Å². The molecule has 0 aliphatic carbocycles. The average molecular weight is 365 g/mol. The van der Waals surface area contributed by atoms with Crippen molar-refractivity contribution in [3.05, 3.63) is 38.3 Å². The van der Waals surface area contributed by atoms with E-state index >= 15 is 0 Å². The van der Waals surface area contributed by atoms with Crippen LogP contribution in [-0.2, 0) is 0 Å². The van der Waals surface area contributed by atoms with Gasteiger partial charge in [-0.3, -0.25) is 14.9 Å². The number of nitrogens with zero attached hydrogens (tertiary/aromatic N) is 1. The molecule has 0 bridgehead atoms. The number of rotatable bonds is 3. The molecule has 0 radical (unpaired) electrons. The maximum atomic E-state index is 12.1. The highest BCUT2D eigenvalue weighted by Gasteiger charge is 2.23. The Morgan fingerprint density at radius 2 is 2.25 bits per heavy atom. The number of hydrogen-bond donors (Lipinski definition) is 2. The number of benzene rings is 1. The molecule has 20 heavy (non-hydrogen) atoms. The minimum Gasteiger partial charge on any atom is -0.348 e. The number of hydrogen-bond acceptors (Lipinski definition) is 4. The van der Waals surface area contributed by atoms with Crippen molar-refractivity contribution in [1.82, 2.24) is 10.6 Å². The third kappa shape index (κ3) is 4.16. The number of nitrogens with one attached hydrogen (secondary N) is 2. The Kier molecular flexibility index (Phi) is 6.38. The Morgan fingerprint density at radius 1 is 1.50 bits per heavy atom. The molecule has 1 heterocycles. The van der Waals surface area contributed by atoms with E-state index in [1.54, 1.807) is 6.07 Å². The van der Waals surface area contributed by atoms with Gasteiger partial charge in [0, 0.05) is 23.1 Å². The zero-order valence-electron chi connectivity index (χ0n) is 10.6. The monoisotopic (exact) mass is 363 g/mol. The molecule has 1 aromatic rings. The van der Waals surface area contributed by atoms with Gasteiger partial charge in [-0.25, -0.2) is 0 Å². The molecule has 2 N–H and O–H groups in total. The van der Waals surface area contributed by atoms with Crippen molar-refractivity contribution < 1.29 is 9.72 Å². The Hall–Kier alpha value is -1.18. The highest BCUT2D eigenvalue weighted by molar-refractivity contribution is 9.10. The zero-order chi connectivity index (χ0) is 13.8. The lowest BCUT2D eigenvalue weighted by molar-refractivity contribution is -0.385. The van der Waals surface area contributed by atoms with Crippen LogP contribution in [0.5, 0.6) is 0 Å². The van der Waals surface area contributed by atoms with Crippen molar-refractivity contribution in [2.45, 2.75) is 18.9 Å². The highest BCUT2D eigenvalue weighted by Crippen LogP contribution is 2.23. The van der Waals surface area contributed by atoms with Crippen molar-refractivity contribution >= 4 is 39.9 Å². The lowest BCUT2D eigenvalue weighted by atomic mass is 10.1. The molecule has 0 spiro atoms. The number of carbonyl (C=O) groups is 1. The van der Waals surface area contributed by atoms with Gasteiger partial charge in [0.15, 0.2) is 0 Å². The third-order valence-corrected chi connectivity index (χ3v) is 3.53. The van der Waals surface area contributed by atoms with Gasteiger partial charge in [-0.2, -0.15) is 0 Å². The van der Waals surface area contributed by atoms with Gasteiger partial charge in [0.1, 0.15) is 5.56 Å². The molecule has 0 aromatic heterocycles. The number of amides is 1. The fourth-order valence-corrected chi connectivity index (χ4v) is 2.44. The van der Waals surface area contributed by atoms with E-state index in [2.05, 4.69) is 26.6 Å². The number of nitro groups is 1. The van der Waals surface area contributed by atoms with Gasteiger partial charge in [0.25, 0.3) is 11.6 Å². The summed E-state index contributed by atoms with van der Waals surface area (Å²) < 4.78 is 0.579. The molecular formula is C12H15BrClN3O3. The summed E-state index contributed by atoms with van der Waals surface area (Å²) >= 11 is 3.17. The largest absolute Gasteiger partial charge is 0.348 e. The van der Waals surface area contributed by atoms with Crippen LogP contribution in [0.25, 0.3) is 0 Å². The van der Waals surface area contributed by atoms with Crippen LogP contribution in [0.3, 0.4) is 0 Å². The van der Waals surface area contributed by atoms with Crippen molar-refractivity contribution in [2.75, 3.05) is 13.1 Å². The fraction of sp³-hybridized carbons (Fsp3) is 0.417. The van der Waals surface area contributed by atoms with Gasteiger partial charge in [-0.05, 0) is 31.5 Å². The maximum Gasteiger partial charge on any atom is 0.283 e. The minimum atomic E-state index is -0.543. The summed E-state index contributed by atoms with van der Waals surface area (Å²) in [6.07, 6.45) is 1.89. The Morgan fingerprint density at radius 3 is 2.85 bits per heavy atom. The van der Waals surface area contributed by atoms with Crippen LogP contribution in [0.15, 0.2) is 22.7 Å². The van der Waals surface area contributed by atoms with Gasteiger partial charge in [-0.15, -0.1) is 12.4 Å². The summed E-state index contributed by atoms with van der Waals surface area (Å²) in [4.78, 5) is 22.5. The number of nitro benzene ring substituents is 1. The first-order valence-corrected chi connectivity index (χ1v) is 6.83. The number of carbonyl (C=O) groups excluding carboxylic acids is 1. The van der Waals surface area contributed by atoms with Crippen LogP contribution >= 0.6 is 28.3 Å². The molecular weight excluding hydrogens is 350 g/mol. The Balaban J connectivity index is 0.00000200. The summed E-state index contributed by atoms with van der Waals surface area (Å²) in [5.41, 5.74) is -0.0885. The first kappa shape index (κ1) is 16.9. The molecule has 1 fully saturated rings. The van der Waals surface area contributed by atoms with Crippen LogP contribution in [0.1, 0.15) is 23.2 Å². The topological polar surface area (TPSA) is 84.3 Å². The Labute approximate surface area is 131 Å². The molecule has 8 heteroatoms. The molecule has 1 atom stereocenters. The van der Waals surface area contributed by atoms with Gasteiger partial charge in [-0.1, -0.05) is 15.9 Å². The van der Waals surface area contributed by atoms with Crippen LogP contribution in [0.2, 0.25) is 0 Å². The lowest BCUT2D eigenvalue weighted by Crippen LogP contribution is -2.45.